The molecule has 2 rings (SSSR count). The van der Waals surface area contributed by atoms with Crippen LogP contribution >= 0.6 is 15.9 Å². The molecule has 0 saturated heterocycles. The van der Waals surface area contributed by atoms with E-state index in [-0.39, 0.29) is 11.7 Å². The Bertz CT molecular complexity index is 610. The van der Waals surface area contributed by atoms with Crippen molar-refractivity contribution in [2.45, 2.75) is 19.8 Å². The Morgan fingerprint density at radius 1 is 1.42 bits per heavy atom. The second-order valence-electron chi connectivity index (χ2n) is 4.56. The zero-order valence-electron chi connectivity index (χ0n) is 10.9. The quantitative estimate of drug-likeness (QED) is 0.932. The monoisotopic (exact) mass is 327 g/mol. The standard InChI is InChI=1S/C13H15BrFN3O/c1-7(2)12-11(16)13(18(3)17-12)19-10-6-8(14)4-5-9(10)15/h4-7H,16H2,1-3H3. The van der Waals surface area contributed by atoms with Gasteiger partial charge >= 0.3 is 0 Å². The van der Waals surface area contributed by atoms with Gasteiger partial charge in [-0.25, -0.2) is 9.07 Å². The number of nitrogens with zero attached hydrogens (tertiary/aromatic N) is 2. The van der Waals surface area contributed by atoms with Gasteiger partial charge in [-0.1, -0.05) is 29.8 Å². The zero-order valence-corrected chi connectivity index (χ0v) is 12.5. The van der Waals surface area contributed by atoms with Gasteiger partial charge in [-0.2, -0.15) is 5.10 Å². The molecule has 0 atom stereocenters. The van der Waals surface area contributed by atoms with Crippen LogP contribution in [0.4, 0.5) is 10.1 Å². The normalized spacial score (nSPS) is 11.1. The Labute approximate surface area is 119 Å². The lowest BCUT2D eigenvalue weighted by Crippen LogP contribution is -1.98. The van der Waals surface area contributed by atoms with Crippen molar-refractivity contribution in [1.82, 2.24) is 9.78 Å². The minimum atomic E-state index is -0.449. The Kier molecular flexibility index (Phi) is 3.80. The lowest BCUT2D eigenvalue weighted by Gasteiger charge is -2.08. The van der Waals surface area contributed by atoms with Gasteiger partial charge in [0.2, 0.25) is 5.88 Å². The molecule has 0 bridgehead atoms. The molecule has 0 aliphatic carbocycles. The molecule has 0 radical (unpaired) electrons. The number of benzene rings is 1. The SMILES string of the molecule is CC(C)c1nn(C)c(Oc2cc(Br)ccc2F)c1N. The third kappa shape index (κ3) is 2.73. The van der Waals surface area contributed by atoms with Gasteiger partial charge < -0.3 is 10.5 Å². The molecule has 1 aromatic carbocycles. The van der Waals surface area contributed by atoms with Crippen LogP contribution in [0.3, 0.4) is 0 Å². The predicted molar refractivity (Wildman–Crippen MR) is 75.9 cm³/mol. The summed E-state index contributed by atoms with van der Waals surface area (Å²) in [5.74, 6) is 0.186. The van der Waals surface area contributed by atoms with Crippen molar-refractivity contribution in [3.63, 3.8) is 0 Å². The molecule has 2 N–H and O–H groups in total. The van der Waals surface area contributed by atoms with Crippen molar-refractivity contribution < 1.29 is 9.13 Å². The summed E-state index contributed by atoms with van der Waals surface area (Å²) in [6.07, 6.45) is 0. The van der Waals surface area contributed by atoms with E-state index < -0.39 is 5.82 Å². The highest BCUT2D eigenvalue weighted by atomic mass is 79.9. The minimum Gasteiger partial charge on any atom is -0.434 e. The molecular weight excluding hydrogens is 313 g/mol. The largest absolute Gasteiger partial charge is 0.434 e. The van der Waals surface area contributed by atoms with Crippen molar-refractivity contribution in [3.05, 3.63) is 34.2 Å². The first-order chi connectivity index (χ1) is 8.90. The summed E-state index contributed by atoms with van der Waals surface area (Å²) in [6.45, 7) is 3.98. The summed E-state index contributed by atoms with van der Waals surface area (Å²) in [6, 6.07) is 4.49. The first-order valence-corrected chi connectivity index (χ1v) is 6.64. The van der Waals surface area contributed by atoms with E-state index in [2.05, 4.69) is 21.0 Å². The second-order valence-corrected chi connectivity index (χ2v) is 5.47. The second kappa shape index (κ2) is 5.21. The third-order valence-electron chi connectivity index (χ3n) is 2.70. The summed E-state index contributed by atoms with van der Waals surface area (Å²) in [4.78, 5) is 0. The highest BCUT2D eigenvalue weighted by molar-refractivity contribution is 9.10. The number of halogens is 2. The molecule has 1 aromatic heterocycles. The molecule has 102 valence electrons. The van der Waals surface area contributed by atoms with Gasteiger partial charge in [0.1, 0.15) is 5.69 Å². The molecule has 0 amide bonds. The average molecular weight is 328 g/mol. The maximum absolute atomic E-state index is 13.7. The number of anilines is 1. The van der Waals surface area contributed by atoms with Gasteiger partial charge in [0, 0.05) is 11.5 Å². The van der Waals surface area contributed by atoms with Gasteiger partial charge in [-0.3, -0.25) is 0 Å². The van der Waals surface area contributed by atoms with Crippen molar-refractivity contribution in [3.8, 4) is 11.6 Å². The number of aromatic nitrogens is 2. The van der Waals surface area contributed by atoms with Gasteiger partial charge in [0.05, 0.1) is 5.69 Å². The van der Waals surface area contributed by atoms with Crippen LogP contribution in [0.1, 0.15) is 25.5 Å². The maximum Gasteiger partial charge on any atom is 0.241 e. The first kappa shape index (κ1) is 13.9. The summed E-state index contributed by atoms with van der Waals surface area (Å²) < 4.78 is 21.5. The van der Waals surface area contributed by atoms with Crippen LogP contribution < -0.4 is 10.5 Å². The number of hydrogen-bond donors (Lipinski definition) is 1. The summed E-state index contributed by atoms with van der Waals surface area (Å²) >= 11 is 3.27. The molecule has 4 nitrogen and oxygen atoms in total. The molecule has 0 aliphatic rings. The molecule has 2 aromatic rings. The Morgan fingerprint density at radius 3 is 2.68 bits per heavy atom. The summed E-state index contributed by atoms with van der Waals surface area (Å²) in [7, 11) is 1.72. The molecule has 19 heavy (non-hydrogen) atoms. The molecule has 0 aliphatic heterocycles. The van der Waals surface area contributed by atoms with Crippen molar-refractivity contribution in [1.29, 1.82) is 0 Å². The lowest BCUT2D eigenvalue weighted by atomic mass is 10.1. The third-order valence-corrected chi connectivity index (χ3v) is 3.20. The number of nitrogens with two attached hydrogens (primary N) is 1. The van der Waals surface area contributed by atoms with Crippen LogP contribution in [0, 0.1) is 5.82 Å². The Hall–Kier alpha value is -1.56. The van der Waals surface area contributed by atoms with Gasteiger partial charge in [-0.15, -0.1) is 0 Å². The maximum atomic E-state index is 13.7. The lowest BCUT2D eigenvalue weighted by molar-refractivity contribution is 0.405. The number of rotatable bonds is 3. The fourth-order valence-corrected chi connectivity index (χ4v) is 2.09. The Balaban J connectivity index is 2.41. The molecule has 0 saturated carbocycles. The van der Waals surface area contributed by atoms with Crippen molar-refractivity contribution in [2.75, 3.05) is 5.73 Å². The van der Waals surface area contributed by atoms with E-state index in [1.165, 1.54) is 10.7 Å². The molecule has 1 heterocycles. The van der Waals surface area contributed by atoms with Gasteiger partial charge in [0.25, 0.3) is 0 Å². The van der Waals surface area contributed by atoms with Crippen LogP contribution in [0.25, 0.3) is 0 Å². The number of ether oxygens (including phenoxy) is 1. The van der Waals surface area contributed by atoms with Crippen LogP contribution in [0.15, 0.2) is 22.7 Å². The zero-order chi connectivity index (χ0) is 14.2. The van der Waals surface area contributed by atoms with Crippen molar-refractivity contribution in [2.24, 2.45) is 7.05 Å². The molecule has 6 heteroatoms. The molecule has 0 spiro atoms. The molecule has 0 fully saturated rings. The van der Waals surface area contributed by atoms with E-state index in [1.807, 2.05) is 13.8 Å². The highest BCUT2D eigenvalue weighted by Crippen LogP contribution is 2.34. The predicted octanol–water partition coefficient (Wildman–Crippen LogP) is 3.82. The fourth-order valence-electron chi connectivity index (χ4n) is 1.75. The summed E-state index contributed by atoms with van der Waals surface area (Å²) in [5.41, 5.74) is 7.18. The van der Waals surface area contributed by atoms with Crippen molar-refractivity contribution >= 4 is 21.6 Å². The van der Waals surface area contributed by atoms with Crippen LogP contribution in [-0.4, -0.2) is 9.78 Å². The number of aryl methyl sites for hydroxylation is 1. The fraction of sp³-hybridized carbons (Fsp3) is 0.308. The smallest absolute Gasteiger partial charge is 0.241 e. The number of hydrogen-bond acceptors (Lipinski definition) is 3. The van der Waals surface area contributed by atoms with E-state index >= 15 is 0 Å². The minimum absolute atomic E-state index is 0.111. The number of nitrogen functional groups attached to an aromatic ring is 1. The molecular formula is C13H15BrFN3O. The van der Waals surface area contributed by atoms with E-state index in [0.29, 0.717) is 11.6 Å². The van der Waals surface area contributed by atoms with Crippen LogP contribution in [-0.2, 0) is 7.05 Å². The van der Waals surface area contributed by atoms with E-state index in [4.69, 9.17) is 10.5 Å². The average Bonchev–Trinajstić information content (AvgIpc) is 2.62. The van der Waals surface area contributed by atoms with Crippen LogP contribution in [0.5, 0.6) is 11.6 Å². The first-order valence-electron chi connectivity index (χ1n) is 5.85. The van der Waals surface area contributed by atoms with E-state index in [1.54, 1.807) is 19.2 Å². The molecule has 0 unspecified atom stereocenters. The summed E-state index contributed by atoms with van der Waals surface area (Å²) in [5, 5.41) is 4.29. The van der Waals surface area contributed by atoms with Gasteiger partial charge in [-0.05, 0) is 24.1 Å². The van der Waals surface area contributed by atoms with E-state index in [0.717, 1.165) is 10.2 Å². The van der Waals surface area contributed by atoms with Gasteiger partial charge in [0.15, 0.2) is 11.6 Å². The topological polar surface area (TPSA) is 53.1 Å². The van der Waals surface area contributed by atoms with Crippen LogP contribution in [0.2, 0.25) is 0 Å². The highest BCUT2D eigenvalue weighted by Gasteiger charge is 2.19. The Morgan fingerprint density at radius 2 is 2.11 bits per heavy atom. The van der Waals surface area contributed by atoms with E-state index in [9.17, 15) is 4.39 Å².